The van der Waals surface area contributed by atoms with Gasteiger partial charge in [-0.2, -0.15) is 0 Å². The Bertz CT molecular complexity index is 283. The monoisotopic (exact) mass is 253 g/mol. The first-order valence-electron chi connectivity index (χ1n) is 4.88. The molecule has 0 saturated carbocycles. The standard InChI is InChI=1S/C9H19NO2.O3S/c1-5-6-10-7-8(11)12-9(2,3)4;1-4(2)3/h10H,5-7H2,1-4H3;. The molecule has 0 heterocycles. The van der Waals surface area contributed by atoms with E-state index in [1.54, 1.807) is 0 Å². The van der Waals surface area contributed by atoms with Crippen LogP contribution < -0.4 is 5.32 Å². The zero-order valence-electron chi connectivity index (χ0n) is 10.1. The summed E-state index contributed by atoms with van der Waals surface area (Å²) in [4.78, 5) is 11.0. The van der Waals surface area contributed by atoms with Crippen LogP contribution in [0.15, 0.2) is 0 Å². The van der Waals surface area contributed by atoms with Crippen LogP contribution in [0, 0.1) is 0 Å². The third kappa shape index (κ3) is 23.1. The highest BCUT2D eigenvalue weighted by Crippen LogP contribution is 2.05. The first-order chi connectivity index (χ1) is 7.19. The molecule has 0 aliphatic heterocycles. The molecule has 0 aliphatic carbocycles. The molecule has 0 bridgehead atoms. The third-order valence-electron chi connectivity index (χ3n) is 1.12. The predicted octanol–water partition coefficient (Wildman–Crippen LogP) is 0.324. The molecule has 0 amide bonds. The van der Waals surface area contributed by atoms with Crippen LogP contribution in [-0.2, 0) is 20.1 Å². The van der Waals surface area contributed by atoms with Gasteiger partial charge in [0.2, 0.25) is 0 Å². The summed E-state index contributed by atoms with van der Waals surface area (Å²) in [6, 6.07) is 0. The molecular formula is C9H19NO5S. The zero-order valence-corrected chi connectivity index (χ0v) is 10.9. The lowest BCUT2D eigenvalue weighted by molar-refractivity contribution is -0.153. The molecule has 0 atom stereocenters. The highest BCUT2D eigenvalue weighted by atomic mass is 32.2. The number of rotatable bonds is 4. The fraction of sp³-hybridized carbons (Fsp3) is 0.889. The van der Waals surface area contributed by atoms with Gasteiger partial charge < -0.3 is 10.1 Å². The second kappa shape index (κ2) is 9.29. The molecule has 0 rings (SSSR count). The number of ether oxygens (including phenoxy) is 1. The molecule has 96 valence electrons. The Hall–Kier alpha value is -0.950. The van der Waals surface area contributed by atoms with Crippen molar-refractivity contribution < 1.29 is 22.2 Å². The van der Waals surface area contributed by atoms with Gasteiger partial charge in [-0.05, 0) is 33.7 Å². The highest BCUT2D eigenvalue weighted by Gasteiger charge is 2.15. The molecule has 16 heavy (non-hydrogen) atoms. The van der Waals surface area contributed by atoms with Crippen molar-refractivity contribution in [1.29, 1.82) is 0 Å². The van der Waals surface area contributed by atoms with E-state index in [0.29, 0.717) is 6.54 Å². The van der Waals surface area contributed by atoms with E-state index in [-0.39, 0.29) is 11.6 Å². The third-order valence-corrected chi connectivity index (χ3v) is 1.12. The average Bonchev–Trinajstić information content (AvgIpc) is 1.99. The van der Waals surface area contributed by atoms with Crippen molar-refractivity contribution in [3.8, 4) is 0 Å². The Labute approximate surface area is 97.4 Å². The van der Waals surface area contributed by atoms with Gasteiger partial charge in [0, 0.05) is 0 Å². The summed E-state index contributed by atoms with van der Waals surface area (Å²) in [5.41, 5.74) is -0.370. The van der Waals surface area contributed by atoms with Gasteiger partial charge in [-0.3, -0.25) is 4.79 Å². The second-order valence-electron chi connectivity index (χ2n) is 3.97. The molecule has 6 nitrogen and oxygen atoms in total. The molecule has 0 spiro atoms. The maximum Gasteiger partial charge on any atom is 0.425 e. The summed E-state index contributed by atoms with van der Waals surface area (Å²) < 4.78 is 30.4. The van der Waals surface area contributed by atoms with Crippen LogP contribution in [0.4, 0.5) is 0 Å². The molecule has 0 aromatic carbocycles. The fourth-order valence-electron chi connectivity index (χ4n) is 0.745. The molecule has 0 saturated heterocycles. The van der Waals surface area contributed by atoms with Crippen LogP contribution in [0.2, 0.25) is 0 Å². The van der Waals surface area contributed by atoms with Crippen LogP contribution in [0.1, 0.15) is 34.1 Å². The van der Waals surface area contributed by atoms with Gasteiger partial charge in [0.1, 0.15) is 5.60 Å². The minimum atomic E-state index is -3.11. The Morgan fingerprint density at radius 3 is 2.00 bits per heavy atom. The summed E-state index contributed by atoms with van der Waals surface area (Å²) in [6.45, 7) is 8.83. The zero-order chi connectivity index (χ0) is 13.2. The lowest BCUT2D eigenvalue weighted by Crippen LogP contribution is -2.31. The first kappa shape index (κ1) is 17.4. The highest BCUT2D eigenvalue weighted by molar-refractivity contribution is 7.59. The molecule has 0 aromatic heterocycles. The molecule has 1 N–H and O–H groups in total. The summed E-state index contributed by atoms with van der Waals surface area (Å²) in [5, 5.41) is 2.98. The predicted molar refractivity (Wildman–Crippen MR) is 58.7 cm³/mol. The smallest absolute Gasteiger partial charge is 0.425 e. The molecular weight excluding hydrogens is 234 g/mol. The van der Waals surface area contributed by atoms with E-state index in [9.17, 15) is 4.79 Å². The molecule has 0 aliphatic rings. The van der Waals surface area contributed by atoms with Crippen LogP contribution in [0.3, 0.4) is 0 Å². The van der Waals surface area contributed by atoms with Gasteiger partial charge in [-0.15, -0.1) is 12.6 Å². The number of hydrogen-bond acceptors (Lipinski definition) is 6. The van der Waals surface area contributed by atoms with Crippen molar-refractivity contribution in [3.05, 3.63) is 0 Å². The normalized spacial score (nSPS) is 10.0. The summed E-state index contributed by atoms with van der Waals surface area (Å²) >= 11 is 0. The number of nitrogens with one attached hydrogen (secondary N) is 1. The second-order valence-corrected chi connectivity index (χ2v) is 4.38. The van der Waals surface area contributed by atoms with E-state index >= 15 is 0 Å². The lowest BCUT2D eigenvalue weighted by atomic mass is 10.2. The van der Waals surface area contributed by atoms with Crippen LogP contribution in [0.5, 0.6) is 0 Å². The minimum absolute atomic E-state index is 0.184. The topological polar surface area (TPSA) is 89.5 Å². The van der Waals surface area contributed by atoms with Gasteiger partial charge in [0.05, 0.1) is 6.54 Å². The minimum Gasteiger partial charge on any atom is -0.459 e. The number of hydrogen-bond donors (Lipinski definition) is 1. The Morgan fingerprint density at radius 2 is 1.69 bits per heavy atom. The Morgan fingerprint density at radius 1 is 1.25 bits per heavy atom. The SMILES string of the molecule is CCCNCC(=O)OC(C)(C)C.O=S(=O)=O. The van der Waals surface area contributed by atoms with E-state index in [4.69, 9.17) is 17.4 Å². The summed E-state index contributed by atoms with van der Waals surface area (Å²) in [7, 11) is -3.11. The van der Waals surface area contributed by atoms with Crippen molar-refractivity contribution in [1.82, 2.24) is 5.32 Å². The van der Waals surface area contributed by atoms with Gasteiger partial charge in [0.25, 0.3) is 0 Å². The first-order valence-corrected chi connectivity index (χ1v) is 5.88. The van der Waals surface area contributed by atoms with Crippen LogP contribution in [0.25, 0.3) is 0 Å². The van der Waals surface area contributed by atoms with Crippen molar-refractivity contribution in [2.45, 2.75) is 39.7 Å². The maximum absolute atomic E-state index is 11.0. The summed E-state index contributed by atoms with van der Waals surface area (Å²) in [6.07, 6.45) is 1.03. The van der Waals surface area contributed by atoms with Gasteiger partial charge in [0.15, 0.2) is 0 Å². The van der Waals surface area contributed by atoms with E-state index in [0.717, 1.165) is 13.0 Å². The number of carbonyl (C=O) groups is 1. The van der Waals surface area contributed by atoms with Crippen molar-refractivity contribution >= 4 is 16.6 Å². The van der Waals surface area contributed by atoms with Crippen molar-refractivity contribution in [2.24, 2.45) is 0 Å². The van der Waals surface area contributed by atoms with Crippen molar-refractivity contribution in [3.63, 3.8) is 0 Å². The van der Waals surface area contributed by atoms with Crippen molar-refractivity contribution in [2.75, 3.05) is 13.1 Å². The number of esters is 1. The van der Waals surface area contributed by atoms with E-state index in [1.807, 2.05) is 20.8 Å². The van der Waals surface area contributed by atoms with Gasteiger partial charge in [-0.1, -0.05) is 6.92 Å². The Balaban J connectivity index is 0. The molecule has 0 aromatic rings. The van der Waals surface area contributed by atoms with E-state index in [1.165, 1.54) is 0 Å². The molecule has 0 fully saturated rings. The molecule has 0 radical (unpaired) electrons. The van der Waals surface area contributed by atoms with Gasteiger partial charge in [-0.25, -0.2) is 0 Å². The van der Waals surface area contributed by atoms with E-state index < -0.39 is 10.6 Å². The van der Waals surface area contributed by atoms with E-state index in [2.05, 4.69) is 12.2 Å². The molecule has 0 unspecified atom stereocenters. The number of carbonyl (C=O) groups excluding carboxylic acids is 1. The largest absolute Gasteiger partial charge is 0.459 e. The van der Waals surface area contributed by atoms with Crippen LogP contribution >= 0.6 is 0 Å². The Kier molecular flexibility index (Phi) is 10.1. The van der Waals surface area contributed by atoms with Crippen LogP contribution in [-0.4, -0.2) is 37.3 Å². The fourth-order valence-corrected chi connectivity index (χ4v) is 0.745. The molecule has 7 heteroatoms. The quantitative estimate of drug-likeness (QED) is 0.573. The maximum atomic E-state index is 11.0. The average molecular weight is 253 g/mol. The van der Waals surface area contributed by atoms with Gasteiger partial charge >= 0.3 is 16.6 Å². The summed E-state index contributed by atoms with van der Waals surface area (Å²) in [5.74, 6) is -0.184. The lowest BCUT2D eigenvalue weighted by Gasteiger charge is -2.19.